The number of hydrogen-bond donors (Lipinski definition) is 1. The molecule has 0 amide bonds. The highest BCUT2D eigenvalue weighted by Gasteiger charge is 2.10. The highest BCUT2D eigenvalue weighted by Crippen LogP contribution is 2.11. The predicted octanol–water partition coefficient (Wildman–Crippen LogP) is 2.30. The van der Waals surface area contributed by atoms with Crippen LogP contribution >= 0.6 is 0 Å². The molecule has 0 aliphatic carbocycles. The molecular weight excluding hydrogens is 226 g/mol. The third-order valence-corrected chi connectivity index (χ3v) is 2.66. The molecule has 0 bridgehead atoms. The zero-order valence-electron chi connectivity index (χ0n) is 10.6. The van der Waals surface area contributed by atoms with Crippen LogP contribution in [0.25, 0.3) is 5.69 Å². The zero-order valence-corrected chi connectivity index (χ0v) is 10.6. The van der Waals surface area contributed by atoms with Gasteiger partial charge in [-0.15, -0.1) is 0 Å². The fourth-order valence-corrected chi connectivity index (χ4v) is 1.70. The molecule has 0 fully saturated rings. The fourth-order valence-electron chi connectivity index (χ4n) is 1.70. The molecule has 2 N–H and O–H groups in total. The first kappa shape index (κ1) is 12.8. The Kier molecular flexibility index (Phi) is 4.50. The van der Waals surface area contributed by atoms with Crippen molar-refractivity contribution < 1.29 is 4.74 Å². The molecule has 4 heteroatoms. The lowest BCUT2D eigenvalue weighted by molar-refractivity contribution is 0.120. The van der Waals surface area contributed by atoms with Crippen LogP contribution in [0.15, 0.2) is 42.6 Å². The Bertz CT molecular complexity index is 467. The maximum atomic E-state index is 6.03. The van der Waals surface area contributed by atoms with Gasteiger partial charge in [0.2, 0.25) is 0 Å². The lowest BCUT2D eigenvalue weighted by Gasteiger charge is -2.09. The lowest BCUT2D eigenvalue weighted by Crippen LogP contribution is -2.18. The molecule has 1 atom stereocenters. The summed E-state index contributed by atoms with van der Waals surface area (Å²) in [4.78, 5) is 0. The van der Waals surface area contributed by atoms with Gasteiger partial charge < -0.3 is 10.5 Å². The molecular formula is C14H19N3O. The van der Waals surface area contributed by atoms with Gasteiger partial charge in [0.05, 0.1) is 24.0 Å². The second kappa shape index (κ2) is 6.33. The number of para-hydroxylation sites is 1. The van der Waals surface area contributed by atoms with E-state index in [1.54, 1.807) is 0 Å². The summed E-state index contributed by atoms with van der Waals surface area (Å²) in [5.41, 5.74) is 7.92. The number of ether oxygens (including phenoxy) is 1. The summed E-state index contributed by atoms with van der Waals surface area (Å²) in [5.74, 6) is 0. The number of rotatable bonds is 6. The first-order valence-corrected chi connectivity index (χ1v) is 6.25. The number of nitrogens with two attached hydrogens (primary N) is 1. The van der Waals surface area contributed by atoms with Crippen molar-refractivity contribution in [3.8, 4) is 5.69 Å². The summed E-state index contributed by atoms with van der Waals surface area (Å²) in [5, 5.41) is 4.47. The van der Waals surface area contributed by atoms with E-state index in [-0.39, 0.29) is 6.04 Å². The molecule has 18 heavy (non-hydrogen) atoms. The lowest BCUT2D eigenvalue weighted by atomic mass is 10.2. The van der Waals surface area contributed by atoms with Gasteiger partial charge in [-0.1, -0.05) is 25.1 Å². The summed E-state index contributed by atoms with van der Waals surface area (Å²) >= 11 is 0. The number of nitrogens with zero attached hydrogens (tertiary/aromatic N) is 2. The van der Waals surface area contributed by atoms with E-state index in [1.807, 2.05) is 47.3 Å². The summed E-state index contributed by atoms with van der Waals surface area (Å²) in [6, 6.07) is 11.8. The normalized spacial score (nSPS) is 12.6. The second-order valence-electron chi connectivity index (χ2n) is 4.20. The van der Waals surface area contributed by atoms with Crippen LogP contribution in [0.3, 0.4) is 0 Å². The van der Waals surface area contributed by atoms with Gasteiger partial charge in [0.1, 0.15) is 0 Å². The number of aromatic nitrogens is 2. The van der Waals surface area contributed by atoms with Crippen LogP contribution in [0, 0.1) is 0 Å². The van der Waals surface area contributed by atoms with Gasteiger partial charge >= 0.3 is 0 Å². The van der Waals surface area contributed by atoms with E-state index >= 15 is 0 Å². The molecule has 0 aliphatic rings. The number of benzene rings is 1. The molecule has 1 unspecified atom stereocenters. The van der Waals surface area contributed by atoms with Crippen molar-refractivity contribution in [2.75, 3.05) is 13.2 Å². The second-order valence-corrected chi connectivity index (χ2v) is 4.20. The molecule has 1 aromatic carbocycles. The quantitative estimate of drug-likeness (QED) is 0.794. The van der Waals surface area contributed by atoms with Crippen LogP contribution in [0.4, 0.5) is 0 Å². The molecule has 0 saturated heterocycles. The van der Waals surface area contributed by atoms with E-state index in [1.165, 1.54) is 0 Å². The Labute approximate surface area is 107 Å². The molecule has 2 aromatic rings. The molecule has 96 valence electrons. The van der Waals surface area contributed by atoms with Crippen LogP contribution in [0.2, 0.25) is 0 Å². The van der Waals surface area contributed by atoms with Gasteiger partial charge in [-0.3, -0.25) is 0 Å². The van der Waals surface area contributed by atoms with Crippen molar-refractivity contribution in [2.24, 2.45) is 5.73 Å². The van der Waals surface area contributed by atoms with Gasteiger partial charge in [-0.2, -0.15) is 5.10 Å². The smallest absolute Gasteiger partial charge is 0.0819 e. The van der Waals surface area contributed by atoms with Gasteiger partial charge in [-0.25, -0.2) is 4.68 Å². The minimum absolute atomic E-state index is 0.165. The van der Waals surface area contributed by atoms with E-state index in [9.17, 15) is 0 Å². The van der Waals surface area contributed by atoms with Crippen molar-refractivity contribution in [3.05, 3.63) is 48.3 Å². The third kappa shape index (κ3) is 3.18. The first-order chi connectivity index (χ1) is 8.81. The van der Waals surface area contributed by atoms with Crippen LogP contribution in [0.5, 0.6) is 0 Å². The maximum absolute atomic E-state index is 6.03. The van der Waals surface area contributed by atoms with Gasteiger partial charge in [0.15, 0.2) is 0 Å². The SMILES string of the molecule is CCCOCC(N)c1ccn(-c2ccccc2)n1. The minimum atomic E-state index is -0.165. The van der Waals surface area contributed by atoms with Gasteiger partial charge in [0.25, 0.3) is 0 Å². The summed E-state index contributed by atoms with van der Waals surface area (Å²) < 4.78 is 7.27. The average Bonchev–Trinajstić information content (AvgIpc) is 2.89. The predicted molar refractivity (Wildman–Crippen MR) is 71.6 cm³/mol. The van der Waals surface area contributed by atoms with Gasteiger partial charge in [0, 0.05) is 12.8 Å². The van der Waals surface area contributed by atoms with E-state index in [4.69, 9.17) is 10.5 Å². The first-order valence-electron chi connectivity index (χ1n) is 6.25. The molecule has 4 nitrogen and oxygen atoms in total. The summed E-state index contributed by atoms with van der Waals surface area (Å²) in [6.07, 6.45) is 2.93. The van der Waals surface area contributed by atoms with E-state index in [0.717, 1.165) is 24.4 Å². The fraction of sp³-hybridized carbons (Fsp3) is 0.357. The van der Waals surface area contributed by atoms with Crippen LogP contribution in [-0.2, 0) is 4.74 Å². The van der Waals surface area contributed by atoms with Crippen LogP contribution in [0.1, 0.15) is 25.1 Å². The Balaban J connectivity index is 2.02. The topological polar surface area (TPSA) is 53.1 Å². The average molecular weight is 245 g/mol. The molecule has 1 heterocycles. The van der Waals surface area contributed by atoms with Crippen molar-refractivity contribution in [3.63, 3.8) is 0 Å². The monoisotopic (exact) mass is 245 g/mol. The maximum Gasteiger partial charge on any atom is 0.0819 e. The van der Waals surface area contributed by atoms with Crippen molar-refractivity contribution in [1.82, 2.24) is 9.78 Å². The van der Waals surface area contributed by atoms with Crippen molar-refractivity contribution in [1.29, 1.82) is 0 Å². The Morgan fingerprint density at radius 3 is 2.78 bits per heavy atom. The Hall–Kier alpha value is -1.65. The van der Waals surface area contributed by atoms with Crippen LogP contribution < -0.4 is 5.73 Å². The minimum Gasteiger partial charge on any atom is -0.379 e. The highest BCUT2D eigenvalue weighted by molar-refractivity contribution is 5.30. The van der Waals surface area contributed by atoms with Crippen LogP contribution in [-0.4, -0.2) is 23.0 Å². The highest BCUT2D eigenvalue weighted by atomic mass is 16.5. The van der Waals surface area contributed by atoms with Crippen molar-refractivity contribution >= 4 is 0 Å². The zero-order chi connectivity index (χ0) is 12.8. The third-order valence-electron chi connectivity index (χ3n) is 2.66. The van der Waals surface area contributed by atoms with E-state index in [0.29, 0.717) is 6.61 Å². The molecule has 1 aromatic heterocycles. The molecule has 0 spiro atoms. The molecule has 0 saturated carbocycles. The molecule has 2 rings (SSSR count). The largest absolute Gasteiger partial charge is 0.379 e. The Morgan fingerprint density at radius 1 is 1.28 bits per heavy atom. The molecule has 0 aliphatic heterocycles. The van der Waals surface area contributed by atoms with Crippen molar-refractivity contribution in [2.45, 2.75) is 19.4 Å². The van der Waals surface area contributed by atoms with Gasteiger partial charge in [-0.05, 0) is 24.6 Å². The molecule has 0 radical (unpaired) electrons. The van der Waals surface area contributed by atoms with E-state index in [2.05, 4.69) is 12.0 Å². The Morgan fingerprint density at radius 2 is 2.06 bits per heavy atom. The van der Waals surface area contributed by atoms with E-state index < -0.39 is 0 Å². The summed E-state index contributed by atoms with van der Waals surface area (Å²) in [6.45, 7) is 3.34. The number of hydrogen-bond acceptors (Lipinski definition) is 3. The standard InChI is InChI=1S/C14H19N3O/c1-2-10-18-11-13(15)14-8-9-17(16-14)12-6-4-3-5-7-12/h3-9,13H,2,10-11,15H2,1H3. The summed E-state index contributed by atoms with van der Waals surface area (Å²) in [7, 11) is 0.